The Morgan fingerprint density at radius 2 is 2.20 bits per heavy atom. The molecule has 3 rings (SSSR count). The topological polar surface area (TPSA) is 94.0 Å². The molecule has 0 aliphatic heterocycles. The van der Waals surface area contributed by atoms with Gasteiger partial charge in [0.05, 0.1) is 16.3 Å². The van der Waals surface area contributed by atoms with Gasteiger partial charge >= 0.3 is 0 Å². The van der Waals surface area contributed by atoms with Gasteiger partial charge in [0.2, 0.25) is 5.95 Å². The van der Waals surface area contributed by atoms with E-state index in [1.807, 2.05) is 6.92 Å². The largest absolute Gasteiger partial charge is 0.393 e. The van der Waals surface area contributed by atoms with Crippen molar-refractivity contribution >= 4 is 32.9 Å². The van der Waals surface area contributed by atoms with Crippen molar-refractivity contribution in [2.24, 2.45) is 0 Å². The summed E-state index contributed by atoms with van der Waals surface area (Å²) in [6.45, 7) is 1.84. The first kappa shape index (κ1) is 13.5. The minimum absolute atomic E-state index is 0.0498. The summed E-state index contributed by atoms with van der Waals surface area (Å²) in [5.41, 5.74) is 6.85. The van der Waals surface area contributed by atoms with E-state index in [2.05, 4.69) is 25.9 Å². The molecule has 1 aliphatic carbocycles. The molecule has 0 radical (unpaired) electrons. The first-order valence-electron chi connectivity index (χ1n) is 6.50. The minimum Gasteiger partial charge on any atom is -0.393 e. The lowest BCUT2D eigenvalue weighted by Crippen LogP contribution is -2.26. The Morgan fingerprint density at radius 3 is 2.85 bits per heavy atom. The van der Waals surface area contributed by atoms with Gasteiger partial charge in [-0.2, -0.15) is 4.98 Å². The Balaban J connectivity index is 2.33. The number of aliphatic hydroxyl groups excluding tert-OH is 1. The fourth-order valence-corrected chi connectivity index (χ4v) is 3.27. The number of hydrogen-bond acceptors (Lipinski definition) is 5. The molecule has 0 amide bonds. The highest BCUT2D eigenvalue weighted by Crippen LogP contribution is 2.32. The van der Waals surface area contributed by atoms with Gasteiger partial charge in [-0.1, -0.05) is 0 Å². The van der Waals surface area contributed by atoms with Crippen LogP contribution in [0.1, 0.15) is 31.0 Å². The third-order valence-corrected chi connectivity index (χ3v) is 4.37. The zero-order chi connectivity index (χ0) is 14.4. The molecule has 0 bridgehead atoms. The van der Waals surface area contributed by atoms with Crippen LogP contribution in [-0.2, 0) is 0 Å². The van der Waals surface area contributed by atoms with Crippen molar-refractivity contribution in [1.29, 1.82) is 0 Å². The summed E-state index contributed by atoms with van der Waals surface area (Å²) in [4.78, 5) is 20.8. The second-order valence-corrected chi connectivity index (χ2v) is 6.05. The highest BCUT2D eigenvalue weighted by Gasteiger charge is 2.27. The SMILES string of the molecule is Cc1nc(N)nc2c1cc(Br)c(=O)n2[C@@H]1CC[C@@H](O)C1. The highest BCUT2D eigenvalue weighted by atomic mass is 79.9. The van der Waals surface area contributed by atoms with Gasteiger partial charge in [0, 0.05) is 11.4 Å². The molecule has 106 valence electrons. The highest BCUT2D eigenvalue weighted by molar-refractivity contribution is 9.10. The molecule has 0 spiro atoms. The van der Waals surface area contributed by atoms with Crippen LogP contribution in [0.4, 0.5) is 5.95 Å². The normalized spacial score (nSPS) is 22.6. The zero-order valence-corrected chi connectivity index (χ0v) is 12.6. The summed E-state index contributed by atoms with van der Waals surface area (Å²) in [5.74, 6) is 0.156. The average molecular weight is 339 g/mol. The Bertz CT molecular complexity index is 743. The lowest BCUT2D eigenvalue weighted by molar-refractivity contribution is 0.178. The van der Waals surface area contributed by atoms with E-state index in [9.17, 15) is 9.90 Å². The minimum atomic E-state index is -0.360. The quantitative estimate of drug-likeness (QED) is 0.822. The predicted octanol–water partition coefficient (Wildman–Crippen LogP) is 1.53. The van der Waals surface area contributed by atoms with E-state index in [1.54, 1.807) is 10.6 Å². The molecular weight excluding hydrogens is 324 g/mol. The number of rotatable bonds is 1. The number of nitrogens with two attached hydrogens (primary N) is 1. The molecule has 3 N–H and O–H groups in total. The monoisotopic (exact) mass is 338 g/mol. The first-order valence-corrected chi connectivity index (χ1v) is 7.29. The first-order chi connectivity index (χ1) is 9.47. The molecule has 1 saturated carbocycles. The Hall–Kier alpha value is -1.47. The van der Waals surface area contributed by atoms with Crippen LogP contribution in [0.15, 0.2) is 15.3 Å². The van der Waals surface area contributed by atoms with Crippen LogP contribution in [0.5, 0.6) is 0 Å². The van der Waals surface area contributed by atoms with Gasteiger partial charge in [-0.05, 0) is 48.2 Å². The van der Waals surface area contributed by atoms with Crippen LogP contribution in [0.3, 0.4) is 0 Å². The molecular formula is C13H15BrN4O2. The third kappa shape index (κ3) is 2.10. The van der Waals surface area contributed by atoms with E-state index in [0.29, 0.717) is 23.0 Å². The van der Waals surface area contributed by atoms with Crippen LogP contribution >= 0.6 is 15.9 Å². The van der Waals surface area contributed by atoms with Gasteiger partial charge < -0.3 is 10.8 Å². The van der Waals surface area contributed by atoms with E-state index in [4.69, 9.17) is 5.73 Å². The molecule has 1 fully saturated rings. The summed E-state index contributed by atoms with van der Waals surface area (Å²) in [5, 5.41) is 10.5. The van der Waals surface area contributed by atoms with Crippen molar-refractivity contribution < 1.29 is 5.11 Å². The van der Waals surface area contributed by atoms with E-state index in [1.165, 1.54) is 0 Å². The van der Waals surface area contributed by atoms with E-state index < -0.39 is 0 Å². The van der Waals surface area contributed by atoms with Crippen LogP contribution < -0.4 is 11.3 Å². The number of aryl methyl sites for hydroxylation is 1. The van der Waals surface area contributed by atoms with Crippen LogP contribution in [0, 0.1) is 6.92 Å². The number of hydrogen-bond donors (Lipinski definition) is 2. The summed E-state index contributed by atoms with van der Waals surface area (Å²) < 4.78 is 2.11. The molecule has 1 aliphatic rings. The van der Waals surface area contributed by atoms with Crippen LogP contribution in [-0.4, -0.2) is 25.7 Å². The number of anilines is 1. The van der Waals surface area contributed by atoms with Crippen molar-refractivity contribution in [2.75, 3.05) is 5.73 Å². The van der Waals surface area contributed by atoms with Crippen molar-refractivity contribution in [1.82, 2.24) is 14.5 Å². The van der Waals surface area contributed by atoms with Gasteiger partial charge in [0.1, 0.15) is 5.65 Å². The van der Waals surface area contributed by atoms with Crippen LogP contribution in [0.25, 0.3) is 11.0 Å². The third-order valence-electron chi connectivity index (χ3n) is 3.80. The summed E-state index contributed by atoms with van der Waals surface area (Å²) >= 11 is 3.30. The van der Waals surface area contributed by atoms with Gasteiger partial charge in [-0.15, -0.1) is 0 Å². The average Bonchev–Trinajstić information content (AvgIpc) is 2.78. The molecule has 20 heavy (non-hydrogen) atoms. The van der Waals surface area contributed by atoms with Crippen molar-refractivity contribution in [3.63, 3.8) is 0 Å². The summed E-state index contributed by atoms with van der Waals surface area (Å²) in [6.07, 6.45) is 1.66. The maximum absolute atomic E-state index is 12.4. The zero-order valence-electron chi connectivity index (χ0n) is 11.0. The standard InChI is InChI=1S/C13H15BrN4O2/c1-6-9-5-10(14)12(20)18(7-2-3-8(19)4-7)11(9)17-13(15)16-6/h5,7-8,19H,2-4H2,1H3,(H2,15,16,17)/t7-,8-/m1/s1. The van der Waals surface area contributed by atoms with E-state index in [0.717, 1.165) is 17.5 Å². The van der Waals surface area contributed by atoms with E-state index in [-0.39, 0.29) is 23.7 Å². The summed E-state index contributed by atoms with van der Waals surface area (Å²) in [7, 11) is 0. The second kappa shape index (κ2) is 4.82. The number of nitrogens with zero attached hydrogens (tertiary/aromatic N) is 3. The maximum atomic E-state index is 12.4. The Morgan fingerprint density at radius 1 is 1.45 bits per heavy atom. The fourth-order valence-electron chi connectivity index (χ4n) is 2.85. The molecule has 0 aromatic carbocycles. The van der Waals surface area contributed by atoms with Gasteiger partial charge in [0.25, 0.3) is 5.56 Å². The lowest BCUT2D eigenvalue weighted by Gasteiger charge is -2.17. The maximum Gasteiger partial charge on any atom is 0.266 e. The van der Waals surface area contributed by atoms with Crippen LogP contribution in [0.2, 0.25) is 0 Å². The van der Waals surface area contributed by atoms with Crippen molar-refractivity contribution in [3.8, 4) is 0 Å². The molecule has 6 nitrogen and oxygen atoms in total. The molecule has 2 atom stereocenters. The smallest absolute Gasteiger partial charge is 0.266 e. The lowest BCUT2D eigenvalue weighted by atomic mass is 10.2. The summed E-state index contributed by atoms with van der Waals surface area (Å²) in [6, 6.07) is 1.68. The second-order valence-electron chi connectivity index (χ2n) is 5.19. The molecule has 2 aromatic rings. The Kier molecular flexibility index (Phi) is 3.25. The number of aromatic nitrogens is 3. The number of aliphatic hydroxyl groups is 1. The predicted molar refractivity (Wildman–Crippen MR) is 79.5 cm³/mol. The molecule has 0 saturated heterocycles. The molecule has 0 unspecified atom stereocenters. The Labute approximate surface area is 123 Å². The molecule has 7 heteroatoms. The van der Waals surface area contributed by atoms with Crippen molar-refractivity contribution in [3.05, 3.63) is 26.6 Å². The number of halogens is 1. The molecule has 2 aromatic heterocycles. The number of fused-ring (bicyclic) bond motifs is 1. The van der Waals surface area contributed by atoms with E-state index >= 15 is 0 Å². The van der Waals surface area contributed by atoms with Crippen molar-refractivity contribution in [2.45, 2.75) is 38.3 Å². The number of pyridine rings is 1. The molecule has 2 heterocycles. The van der Waals surface area contributed by atoms with Gasteiger partial charge in [-0.3, -0.25) is 9.36 Å². The number of nitrogen functional groups attached to an aromatic ring is 1. The van der Waals surface area contributed by atoms with Gasteiger partial charge in [-0.25, -0.2) is 4.98 Å². The fraction of sp³-hybridized carbons (Fsp3) is 0.462. The van der Waals surface area contributed by atoms with Gasteiger partial charge in [0.15, 0.2) is 0 Å².